The molecule has 1 N–H and O–H groups in total. The number of rotatable bonds is 3. The fourth-order valence-electron chi connectivity index (χ4n) is 3.44. The Bertz CT molecular complexity index is 1300. The molecule has 2 aromatic heterocycles. The van der Waals surface area contributed by atoms with E-state index in [0.717, 1.165) is 22.4 Å². The summed E-state index contributed by atoms with van der Waals surface area (Å²) in [6.07, 6.45) is 10.4. The zero-order chi connectivity index (χ0) is 19.1. The number of phenols is 1. The molecule has 0 aliphatic rings. The Balaban J connectivity index is 1.58. The summed E-state index contributed by atoms with van der Waals surface area (Å²) in [5, 5.41) is 10.1. The Morgan fingerprint density at radius 1 is 0.857 bits per heavy atom. The van der Waals surface area contributed by atoms with Crippen LogP contribution < -0.4 is 9.13 Å². The van der Waals surface area contributed by atoms with Crippen molar-refractivity contribution in [3.05, 3.63) is 97.8 Å². The number of imidazole rings is 2. The molecule has 0 unspecified atom stereocenters. The molecule has 28 heavy (non-hydrogen) atoms. The number of para-hydroxylation sites is 4. The van der Waals surface area contributed by atoms with Crippen molar-refractivity contribution in [3.63, 3.8) is 0 Å². The predicted molar refractivity (Wildman–Crippen MR) is 105 cm³/mol. The number of aromatic hydroxyl groups is 1. The normalized spacial score (nSPS) is 11.2. The number of hydrogen-bond donors (Lipinski definition) is 1. The topological polar surface area (TPSA) is 37.8 Å². The SMILES string of the molecule is C[n+]1[c-]n(-c2cccc(-n3[c-][n+](-c4ccccc4O)cc3)c2)c2ccccc21. The van der Waals surface area contributed by atoms with Gasteiger partial charge in [-0.15, -0.1) is 0 Å². The summed E-state index contributed by atoms with van der Waals surface area (Å²) < 4.78 is 7.73. The molecule has 0 saturated carbocycles. The molecule has 5 aromatic rings. The van der Waals surface area contributed by atoms with Gasteiger partial charge in [-0.2, -0.15) is 0 Å². The smallest absolute Gasteiger partial charge is 0.268 e. The van der Waals surface area contributed by atoms with E-state index in [-0.39, 0.29) is 5.75 Å². The lowest BCUT2D eigenvalue weighted by Crippen LogP contribution is -2.28. The largest absolute Gasteiger partial charge is 0.511 e. The second-order valence-electron chi connectivity index (χ2n) is 6.63. The van der Waals surface area contributed by atoms with E-state index in [1.54, 1.807) is 16.7 Å². The molecule has 5 rings (SSSR count). The number of aryl methyl sites for hydroxylation is 1. The van der Waals surface area contributed by atoms with Crippen LogP contribution in [0.4, 0.5) is 0 Å². The summed E-state index contributed by atoms with van der Waals surface area (Å²) in [5.74, 6) is 0.219. The highest BCUT2D eigenvalue weighted by Crippen LogP contribution is 2.20. The lowest BCUT2D eigenvalue weighted by atomic mass is 10.2. The maximum Gasteiger partial charge on any atom is 0.268 e. The number of fused-ring (bicyclic) bond motifs is 1. The maximum atomic E-state index is 10.1. The van der Waals surface area contributed by atoms with Gasteiger partial charge in [0.1, 0.15) is 11.4 Å². The van der Waals surface area contributed by atoms with Gasteiger partial charge in [0.2, 0.25) is 6.33 Å². The first-order valence-electron chi connectivity index (χ1n) is 9.01. The zero-order valence-electron chi connectivity index (χ0n) is 15.3. The second kappa shape index (κ2) is 6.39. The fourth-order valence-corrected chi connectivity index (χ4v) is 3.44. The van der Waals surface area contributed by atoms with Gasteiger partial charge in [0.05, 0.1) is 23.8 Å². The second-order valence-corrected chi connectivity index (χ2v) is 6.63. The van der Waals surface area contributed by atoms with Crippen LogP contribution >= 0.6 is 0 Å². The van der Waals surface area contributed by atoms with Gasteiger partial charge in [0.15, 0.2) is 0 Å². The molecule has 0 bridgehead atoms. The minimum atomic E-state index is 0.219. The van der Waals surface area contributed by atoms with Crippen molar-refractivity contribution in [2.24, 2.45) is 7.05 Å². The van der Waals surface area contributed by atoms with E-state index < -0.39 is 0 Å². The van der Waals surface area contributed by atoms with Gasteiger partial charge in [-0.1, -0.05) is 54.6 Å². The van der Waals surface area contributed by atoms with Gasteiger partial charge in [-0.05, 0) is 18.2 Å². The van der Waals surface area contributed by atoms with Crippen LogP contribution in [0.1, 0.15) is 0 Å². The van der Waals surface area contributed by atoms with Crippen molar-refractivity contribution in [3.8, 4) is 22.8 Å². The van der Waals surface area contributed by atoms with Gasteiger partial charge >= 0.3 is 0 Å². The van der Waals surface area contributed by atoms with Gasteiger partial charge in [-0.25, -0.2) is 0 Å². The summed E-state index contributed by atoms with van der Waals surface area (Å²) >= 11 is 0. The van der Waals surface area contributed by atoms with Crippen LogP contribution in [0.15, 0.2) is 85.2 Å². The molecule has 0 spiro atoms. The number of benzene rings is 3. The molecule has 0 amide bonds. The highest BCUT2D eigenvalue weighted by atomic mass is 16.3. The first-order chi connectivity index (χ1) is 13.7. The van der Waals surface area contributed by atoms with E-state index in [1.165, 1.54) is 0 Å². The van der Waals surface area contributed by atoms with E-state index in [2.05, 4.69) is 41.5 Å². The van der Waals surface area contributed by atoms with Crippen molar-refractivity contribution in [2.45, 2.75) is 0 Å². The highest BCUT2D eigenvalue weighted by Gasteiger charge is 2.09. The fraction of sp³-hybridized carbons (Fsp3) is 0.0435. The molecule has 0 aliphatic carbocycles. The number of phenolic OH excluding ortho intramolecular Hbond substituents is 1. The quantitative estimate of drug-likeness (QED) is 0.387. The average Bonchev–Trinajstić information content (AvgIpc) is 3.34. The van der Waals surface area contributed by atoms with Crippen molar-refractivity contribution in [1.29, 1.82) is 0 Å². The molecule has 5 nitrogen and oxygen atoms in total. The Morgan fingerprint density at radius 2 is 1.64 bits per heavy atom. The summed E-state index contributed by atoms with van der Waals surface area (Å²) in [4.78, 5) is 0. The molecule has 3 aromatic carbocycles. The van der Waals surface area contributed by atoms with Crippen molar-refractivity contribution in [1.82, 2.24) is 9.13 Å². The summed E-state index contributed by atoms with van der Waals surface area (Å²) in [6, 6.07) is 23.7. The summed E-state index contributed by atoms with van der Waals surface area (Å²) in [7, 11) is 2.00. The Hall–Kier alpha value is -3.86. The Labute approximate surface area is 162 Å². The van der Waals surface area contributed by atoms with E-state index in [0.29, 0.717) is 5.69 Å². The predicted octanol–water partition coefficient (Wildman–Crippen LogP) is 2.83. The van der Waals surface area contributed by atoms with Crippen LogP contribution in [0.3, 0.4) is 0 Å². The molecule has 5 heteroatoms. The van der Waals surface area contributed by atoms with Gasteiger partial charge in [-0.3, -0.25) is 9.13 Å². The molecule has 0 aliphatic heterocycles. The Morgan fingerprint density at radius 3 is 2.54 bits per heavy atom. The maximum absolute atomic E-state index is 10.1. The molecule has 2 heterocycles. The van der Waals surface area contributed by atoms with Crippen LogP contribution in [0.2, 0.25) is 0 Å². The van der Waals surface area contributed by atoms with Crippen molar-refractivity contribution < 1.29 is 14.2 Å². The molecular formula is C23H18N4O. The molecule has 0 saturated heterocycles. The van der Waals surface area contributed by atoms with Crippen LogP contribution in [-0.4, -0.2) is 14.2 Å². The van der Waals surface area contributed by atoms with Gasteiger partial charge in [0, 0.05) is 18.1 Å². The first kappa shape index (κ1) is 16.3. The third kappa shape index (κ3) is 2.65. The lowest BCUT2D eigenvalue weighted by Gasteiger charge is -2.08. The molecule has 0 fully saturated rings. The molecule has 0 atom stereocenters. The molecular weight excluding hydrogens is 348 g/mol. The van der Waals surface area contributed by atoms with E-state index in [4.69, 9.17) is 0 Å². The minimum absolute atomic E-state index is 0.219. The number of nitrogens with zero attached hydrogens (tertiary/aromatic N) is 4. The van der Waals surface area contributed by atoms with Gasteiger partial charge in [0.25, 0.3) is 6.33 Å². The minimum Gasteiger partial charge on any atom is -0.511 e. The van der Waals surface area contributed by atoms with Crippen molar-refractivity contribution >= 4 is 11.0 Å². The van der Waals surface area contributed by atoms with Crippen LogP contribution in [0, 0.1) is 12.7 Å². The monoisotopic (exact) mass is 366 g/mol. The van der Waals surface area contributed by atoms with Crippen LogP contribution in [0.25, 0.3) is 28.1 Å². The standard InChI is InChI=1S/C23H18N4O/c1-24-16-27(21-10-3-2-9-20(21)24)19-8-6-7-18(15-19)25-13-14-26(17-25)22-11-4-5-12-23(22)28/h2-15,28H,1H3. The van der Waals surface area contributed by atoms with E-state index in [1.807, 2.05) is 65.0 Å². The third-order valence-electron chi connectivity index (χ3n) is 4.82. The molecule has 0 radical (unpaired) electrons. The Kier molecular flexibility index (Phi) is 3.72. The molecule has 136 valence electrons. The lowest BCUT2D eigenvalue weighted by molar-refractivity contribution is -0.649. The van der Waals surface area contributed by atoms with Crippen LogP contribution in [0.5, 0.6) is 5.75 Å². The van der Waals surface area contributed by atoms with Crippen LogP contribution in [-0.2, 0) is 7.05 Å². The summed E-state index contributed by atoms with van der Waals surface area (Å²) in [5.41, 5.74) is 4.90. The van der Waals surface area contributed by atoms with E-state index >= 15 is 0 Å². The van der Waals surface area contributed by atoms with E-state index in [9.17, 15) is 5.11 Å². The highest BCUT2D eigenvalue weighted by molar-refractivity contribution is 5.74. The van der Waals surface area contributed by atoms with Crippen molar-refractivity contribution in [2.75, 3.05) is 0 Å². The first-order valence-corrected chi connectivity index (χ1v) is 9.01. The van der Waals surface area contributed by atoms with Gasteiger partial charge < -0.3 is 14.2 Å². The number of aromatic nitrogens is 4. The third-order valence-corrected chi connectivity index (χ3v) is 4.82. The average molecular weight is 366 g/mol. The number of hydrogen-bond acceptors (Lipinski definition) is 1. The zero-order valence-corrected chi connectivity index (χ0v) is 15.3. The summed E-state index contributed by atoms with van der Waals surface area (Å²) in [6.45, 7) is 0.